The van der Waals surface area contributed by atoms with Crippen LogP contribution >= 0.6 is 0 Å². The molecule has 0 saturated heterocycles. The average Bonchev–Trinajstić information content (AvgIpc) is 2.64. The molecule has 0 bridgehead atoms. The summed E-state index contributed by atoms with van der Waals surface area (Å²) in [7, 11) is 0. The molecule has 26 heavy (non-hydrogen) atoms. The highest BCUT2D eigenvalue weighted by Gasteiger charge is 2.19. The van der Waals surface area contributed by atoms with Crippen molar-refractivity contribution in [1.82, 2.24) is 4.90 Å². The van der Waals surface area contributed by atoms with Crippen LogP contribution in [-0.2, 0) is 16.2 Å². The molecule has 6 heteroatoms. The Morgan fingerprint density at radius 3 is 2.08 bits per heavy atom. The summed E-state index contributed by atoms with van der Waals surface area (Å²) >= 11 is 0. The fraction of sp³-hybridized carbons (Fsp3) is 0.300. The fourth-order valence-electron chi connectivity index (χ4n) is 2.33. The van der Waals surface area contributed by atoms with Gasteiger partial charge in [-0.3, -0.25) is 9.59 Å². The van der Waals surface area contributed by atoms with Crippen LogP contribution in [0.3, 0.4) is 0 Å². The Bertz CT molecular complexity index is 714. The van der Waals surface area contributed by atoms with Crippen LogP contribution in [0.25, 0.3) is 0 Å². The van der Waals surface area contributed by atoms with Gasteiger partial charge in [0.1, 0.15) is 18.1 Å². The molecule has 2 aromatic carbocycles. The number of carbonyl (C=O) groups is 2. The molecule has 0 spiro atoms. The van der Waals surface area contributed by atoms with Gasteiger partial charge in [-0.15, -0.1) is 0 Å². The van der Waals surface area contributed by atoms with Crippen molar-refractivity contribution in [1.29, 1.82) is 0 Å². The number of ether oxygens (including phenoxy) is 2. The van der Waals surface area contributed by atoms with Crippen molar-refractivity contribution in [2.24, 2.45) is 5.73 Å². The monoisotopic (exact) mass is 356 g/mol. The Morgan fingerprint density at radius 2 is 1.54 bits per heavy atom. The van der Waals surface area contributed by atoms with Crippen molar-refractivity contribution in [3.8, 4) is 11.5 Å². The molecule has 0 aliphatic heterocycles. The standard InChI is InChI=1S/C20H24N2O4/c1-15(2)22(12-19(21)23)20(24)14-26-18-10-8-17(9-11-18)25-13-16-6-4-3-5-7-16/h3-11,15H,12-14H2,1-2H3,(H2,21,23). The smallest absolute Gasteiger partial charge is 0.261 e. The first-order chi connectivity index (χ1) is 12.5. The summed E-state index contributed by atoms with van der Waals surface area (Å²) in [5.74, 6) is 0.424. The van der Waals surface area contributed by atoms with Crippen LogP contribution in [0.5, 0.6) is 11.5 Å². The molecule has 0 aliphatic rings. The lowest BCUT2D eigenvalue weighted by atomic mass is 10.2. The molecule has 138 valence electrons. The largest absolute Gasteiger partial charge is 0.489 e. The summed E-state index contributed by atoms with van der Waals surface area (Å²) in [6, 6.07) is 16.8. The van der Waals surface area contributed by atoms with Crippen LogP contribution in [0, 0.1) is 0 Å². The minimum atomic E-state index is -0.549. The second kappa shape index (κ2) is 9.46. The second-order valence-corrected chi connectivity index (χ2v) is 6.12. The number of amides is 2. The molecule has 2 amide bonds. The lowest BCUT2D eigenvalue weighted by Gasteiger charge is -2.25. The van der Waals surface area contributed by atoms with E-state index in [0.29, 0.717) is 18.1 Å². The average molecular weight is 356 g/mol. The van der Waals surface area contributed by atoms with E-state index in [9.17, 15) is 9.59 Å². The Balaban J connectivity index is 1.84. The van der Waals surface area contributed by atoms with Crippen molar-refractivity contribution in [3.63, 3.8) is 0 Å². The van der Waals surface area contributed by atoms with Gasteiger partial charge >= 0.3 is 0 Å². The van der Waals surface area contributed by atoms with Gasteiger partial charge in [0.05, 0.1) is 6.54 Å². The topological polar surface area (TPSA) is 81.9 Å². The number of rotatable bonds is 9. The van der Waals surface area contributed by atoms with Crippen LogP contribution in [0.1, 0.15) is 19.4 Å². The van der Waals surface area contributed by atoms with Crippen molar-refractivity contribution >= 4 is 11.8 Å². The third-order valence-corrected chi connectivity index (χ3v) is 3.70. The maximum Gasteiger partial charge on any atom is 0.261 e. The number of hydrogen-bond acceptors (Lipinski definition) is 4. The van der Waals surface area contributed by atoms with E-state index in [1.807, 2.05) is 44.2 Å². The van der Waals surface area contributed by atoms with E-state index >= 15 is 0 Å². The summed E-state index contributed by atoms with van der Waals surface area (Å²) in [6.07, 6.45) is 0. The highest BCUT2D eigenvalue weighted by Crippen LogP contribution is 2.19. The van der Waals surface area contributed by atoms with Gasteiger partial charge in [0.25, 0.3) is 5.91 Å². The molecule has 0 aliphatic carbocycles. The zero-order valence-corrected chi connectivity index (χ0v) is 15.1. The second-order valence-electron chi connectivity index (χ2n) is 6.12. The molecule has 0 aromatic heterocycles. The van der Waals surface area contributed by atoms with E-state index in [4.69, 9.17) is 15.2 Å². The number of primary amides is 1. The van der Waals surface area contributed by atoms with Crippen molar-refractivity contribution in [3.05, 3.63) is 60.2 Å². The van der Waals surface area contributed by atoms with Gasteiger partial charge in [-0.05, 0) is 43.7 Å². The van der Waals surface area contributed by atoms with Crippen molar-refractivity contribution in [2.45, 2.75) is 26.5 Å². The van der Waals surface area contributed by atoms with Gasteiger partial charge in [-0.25, -0.2) is 0 Å². The molecule has 2 aromatic rings. The Morgan fingerprint density at radius 1 is 0.962 bits per heavy atom. The van der Waals surface area contributed by atoms with E-state index in [1.54, 1.807) is 24.3 Å². The van der Waals surface area contributed by atoms with E-state index in [2.05, 4.69) is 0 Å². The molecular weight excluding hydrogens is 332 g/mol. The lowest BCUT2D eigenvalue weighted by molar-refractivity contribution is -0.138. The van der Waals surface area contributed by atoms with Crippen LogP contribution in [-0.4, -0.2) is 35.9 Å². The van der Waals surface area contributed by atoms with Crippen LogP contribution in [0.2, 0.25) is 0 Å². The van der Waals surface area contributed by atoms with Crippen LogP contribution in [0.4, 0.5) is 0 Å². The first kappa shape index (κ1) is 19.3. The van der Waals surface area contributed by atoms with Gasteiger partial charge < -0.3 is 20.1 Å². The molecule has 0 fully saturated rings. The molecular formula is C20H24N2O4. The number of nitrogens with two attached hydrogens (primary N) is 1. The maximum atomic E-state index is 12.2. The molecule has 0 unspecified atom stereocenters. The molecule has 2 rings (SSSR count). The molecule has 0 atom stereocenters. The first-order valence-corrected chi connectivity index (χ1v) is 8.43. The van der Waals surface area contributed by atoms with Crippen LogP contribution < -0.4 is 15.2 Å². The summed E-state index contributed by atoms with van der Waals surface area (Å²) < 4.78 is 11.2. The number of nitrogens with zero attached hydrogens (tertiary/aromatic N) is 1. The van der Waals surface area contributed by atoms with Gasteiger partial charge in [-0.1, -0.05) is 30.3 Å². The first-order valence-electron chi connectivity index (χ1n) is 8.43. The lowest BCUT2D eigenvalue weighted by Crippen LogP contribution is -2.44. The number of carbonyl (C=O) groups excluding carboxylic acids is 2. The van der Waals surface area contributed by atoms with Gasteiger partial charge in [0, 0.05) is 6.04 Å². The highest BCUT2D eigenvalue weighted by atomic mass is 16.5. The van der Waals surface area contributed by atoms with E-state index < -0.39 is 5.91 Å². The van der Waals surface area contributed by atoms with Crippen LogP contribution in [0.15, 0.2) is 54.6 Å². The van der Waals surface area contributed by atoms with Gasteiger partial charge in [-0.2, -0.15) is 0 Å². The predicted molar refractivity (Wildman–Crippen MR) is 98.8 cm³/mol. The maximum absolute atomic E-state index is 12.2. The summed E-state index contributed by atoms with van der Waals surface area (Å²) in [4.78, 5) is 24.6. The minimum absolute atomic E-state index is 0.119. The third-order valence-electron chi connectivity index (χ3n) is 3.70. The number of benzene rings is 2. The summed E-state index contributed by atoms with van der Waals surface area (Å²) in [5, 5.41) is 0. The molecule has 6 nitrogen and oxygen atoms in total. The van der Waals surface area contributed by atoms with Gasteiger partial charge in [0.2, 0.25) is 5.91 Å². The Hall–Kier alpha value is -3.02. The van der Waals surface area contributed by atoms with Crippen molar-refractivity contribution < 1.29 is 19.1 Å². The molecule has 0 heterocycles. The van der Waals surface area contributed by atoms with E-state index in [-0.39, 0.29) is 25.1 Å². The van der Waals surface area contributed by atoms with Crippen molar-refractivity contribution in [2.75, 3.05) is 13.2 Å². The SMILES string of the molecule is CC(C)N(CC(N)=O)C(=O)COc1ccc(OCc2ccccc2)cc1. The van der Waals surface area contributed by atoms with Gasteiger partial charge in [0.15, 0.2) is 6.61 Å². The molecule has 2 N–H and O–H groups in total. The zero-order chi connectivity index (χ0) is 18.9. The highest BCUT2D eigenvalue weighted by molar-refractivity contribution is 5.84. The third kappa shape index (κ3) is 6.12. The summed E-state index contributed by atoms with van der Waals surface area (Å²) in [5.41, 5.74) is 6.26. The normalized spacial score (nSPS) is 10.4. The molecule has 0 radical (unpaired) electrons. The zero-order valence-electron chi connectivity index (χ0n) is 15.1. The molecule has 0 saturated carbocycles. The predicted octanol–water partition coefficient (Wildman–Crippen LogP) is 2.37. The Labute approximate surface area is 153 Å². The van der Waals surface area contributed by atoms with E-state index in [1.165, 1.54) is 4.90 Å². The summed E-state index contributed by atoms with van der Waals surface area (Å²) in [6.45, 7) is 3.84. The number of hydrogen-bond donors (Lipinski definition) is 1. The van der Waals surface area contributed by atoms with E-state index in [0.717, 1.165) is 5.56 Å². The fourth-order valence-corrected chi connectivity index (χ4v) is 2.33. The Kier molecular flexibility index (Phi) is 7.02. The minimum Gasteiger partial charge on any atom is -0.489 e. The quantitative estimate of drug-likeness (QED) is 0.748.